The van der Waals surface area contributed by atoms with E-state index in [0.717, 1.165) is 16.6 Å². The number of rotatable bonds is 4. The largest absolute Gasteiger partial charge is 0.342 e. The lowest BCUT2D eigenvalue weighted by Crippen LogP contribution is -2.29. The number of benzene rings is 1. The number of hydrogen-bond donors (Lipinski definition) is 1. The Morgan fingerprint density at radius 1 is 1.09 bits per heavy atom. The minimum absolute atomic E-state index is 0.0115. The van der Waals surface area contributed by atoms with Crippen LogP contribution in [0.5, 0.6) is 0 Å². The lowest BCUT2D eigenvalue weighted by Gasteiger charge is -2.22. The van der Waals surface area contributed by atoms with Crippen molar-refractivity contribution < 1.29 is 4.79 Å². The van der Waals surface area contributed by atoms with Gasteiger partial charge in [0.15, 0.2) is 0 Å². The summed E-state index contributed by atoms with van der Waals surface area (Å²) in [5, 5.41) is 4.01. The summed E-state index contributed by atoms with van der Waals surface area (Å²) in [5.41, 5.74) is 1.68. The second-order valence-corrected chi connectivity index (χ2v) is 5.68. The van der Waals surface area contributed by atoms with Crippen molar-refractivity contribution in [2.75, 3.05) is 5.32 Å². The third-order valence-corrected chi connectivity index (χ3v) is 3.75. The maximum atomic E-state index is 12.7. The van der Waals surface area contributed by atoms with E-state index in [9.17, 15) is 4.79 Å². The molecule has 1 atom stereocenters. The molecule has 0 bridgehead atoms. The lowest BCUT2D eigenvalue weighted by molar-refractivity contribution is -0.120. The molecular formula is C18H19N3O. The van der Waals surface area contributed by atoms with Crippen molar-refractivity contribution in [3.05, 3.63) is 61.1 Å². The summed E-state index contributed by atoms with van der Waals surface area (Å²) in [6, 6.07) is 13.2. The van der Waals surface area contributed by atoms with E-state index in [1.165, 1.54) is 0 Å². The van der Waals surface area contributed by atoms with E-state index < -0.39 is 0 Å². The van der Waals surface area contributed by atoms with Gasteiger partial charge in [0.2, 0.25) is 5.91 Å². The van der Waals surface area contributed by atoms with E-state index in [2.05, 4.69) is 24.1 Å². The van der Waals surface area contributed by atoms with E-state index in [0.29, 0.717) is 0 Å². The molecule has 2 heterocycles. The predicted octanol–water partition coefficient (Wildman–Crippen LogP) is 3.87. The zero-order valence-corrected chi connectivity index (χ0v) is 12.7. The molecular weight excluding hydrogens is 274 g/mol. The SMILES string of the molecule is CC(C)[C@@H](C(=O)Nc1cccc2ncccc12)n1cccc1. The number of nitrogens with zero attached hydrogens (tertiary/aromatic N) is 2. The third-order valence-electron chi connectivity index (χ3n) is 3.75. The molecule has 3 rings (SSSR count). The van der Waals surface area contributed by atoms with Gasteiger partial charge in [-0.3, -0.25) is 9.78 Å². The van der Waals surface area contributed by atoms with Crippen LogP contribution < -0.4 is 5.32 Å². The number of nitrogens with one attached hydrogen (secondary N) is 1. The molecule has 1 aromatic carbocycles. The molecule has 0 radical (unpaired) electrons. The van der Waals surface area contributed by atoms with Crippen molar-refractivity contribution in [1.29, 1.82) is 0 Å². The quantitative estimate of drug-likeness (QED) is 0.793. The molecule has 1 N–H and O–H groups in total. The standard InChI is InChI=1S/C18H19N3O/c1-13(2)17(21-11-3-4-12-21)18(22)20-16-9-5-8-15-14(16)7-6-10-19-15/h3-13,17H,1-2H3,(H,20,22)/t17-/m0/s1. The van der Waals surface area contributed by atoms with E-state index in [1.807, 2.05) is 59.4 Å². The predicted molar refractivity (Wildman–Crippen MR) is 88.7 cm³/mol. The molecule has 4 heteroatoms. The molecule has 0 aliphatic heterocycles. The third kappa shape index (κ3) is 2.72. The van der Waals surface area contributed by atoms with Crippen LogP contribution in [-0.2, 0) is 4.79 Å². The Morgan fingerprint density at radius 2 is 1.86 bits per heavy atom. The highest BCUT2D eigenvalue weighted by Crippen LogP contribution is 2.25. The molecule has 0 saturated heterocycles. The Bertz CT molecular complexity index is 773. The highest BCUT2D eigenvalue weighted by molar-refractivity contribution is 6.02. The van der Waals surface area contributed by atoms with E-state index in [-0.39, 0.29) is 17.9 Å². The second-order valence-electron chi connectivity index (χ2n) is 5.68. The van der Waals surface area contributed by atoms with Crippen LogP contribution in [0.4, 0.5) is 5.69 Å². The molecule has 0 aliphatic rings. The number of fused-ring (bicyclic) bond motifs is 1. The Hall–Kier alpha value is -2.62. The zero-order valence-electron chi connectivity index (χ0n) is 12.7. The van der Waals surface area contributed by atoms with Gasteiger partial charge >= 0.3 is 0 Å². The average Bonchev–Trinajstić information content (AvgIpc) is 3.01. The number of carbonyl (C=O) groups is 1. The number of aromatic nitrogens is 2. The average molecular weight is 293 g/mol. The number of hydrogen-bond acceptors (Lipinski definition) is 2. The summed E-state index contributed by atoms with van der Waals surface area (Å²) in [6.07, 6.45) is 5.61. The van der Waals surface area contributed by atoms with Gasteiger partial charge in [-0.05, 0) is 42.3 Å². The second kappa shape index (κ2) is 6.02. The van der Waals surface area contributed by atoms with Crippen molar-refractivity contribution in [3.63, 3.8) is 0 Å². The van der Waals surface area contributed by atoms with Crippen LogP contribution >= 0.6 is 0 Å². The zero-order chi connectivity index (χ0) is 15.5. The van der Waals surface area contributed by atoms with Crippen LogP contribution in [0.3, 0.4) is 0 Å². The monoisotopic (exact) mass is 293 g/mol. The van der Waals surface area contributed by atoms with Crippen molar-refractivity contribution >= 4 is 22.5 Å². The summed E-state index contributed by atoms with van der Waals surface area (Å²) >= 11 is 0. The molecule has 0 unspecified atom stereocenters. The minimum Gasteiger partial charge on any atom is -0.342 e. The van der Waals surface area contributed by atoms with Crippen molar-refractivity contribution in [3.8, 4) is 0 Å². The van der Waals surface area contributed by atoms with Crippen molar-refractivity contribution in [2.24, 2.45) is 5.92 Å². The first-order valence-electron chi connectivity index (χ1n) is 7.44. The van der Waals surface area contributed by atoms with Gasteiger partial charge in [0.05, 0.1) is 11.2 Å². The van der Waals surface area contributed by atoms with Gasteiger partial charge < -0.3 is 9.88 Å². The van der Waals surface area contributed by atoms with E-state index in [4.69, 9.17) is 0 Å². The van der Waals surface area contributed by atoms with Crippen molar-refractivity contribution in [2.45, 2.75) is 19.9 Å². The lowest BCUT2D eigenvalue weighted by atomic mass is 10.0. The maximum Gasteiger partial charge on any atom is 0.247 e. The normalized spacial score (nSPS) is 12.5. The Balaban J connectivity index is 1.92. The fourth-order valence-corrected chi connectivity index (χ4v) is 2.73. The first-order chi connectivity index (χ1) is 10.7. The highest BCUT2D eigenvalue weighted by Gasteiger charge is 2.23. The molecule has 1 amide bonds. The molecule has 0 aliphatic carbocycles. The van der Waals surface area contributed by atoms with Gasteiger partial charge in [-0.1, -0.05) is 19.9 Å². The van der Waals surface area contributed by atoms with Gasteiger partial charge in [0, 0.05) is 24.0 Å². The van der Waals surface area contributed by atoms with E-state index in [1.54, 1.807) is 6.20 Å². The van der Waals surface area contributed by atoms with Crippen LogP contribution in [0.25, 0.3) is 10.9 Å². The molecule has 0 spiro atoms. The number of pyridine rings is 1. The Morgan fingerprint density at radius 3 is 2.59 bits per heavy atom. The highest BCUT2D eigenvalue weighted by atomic mass is 16.2. The van der Waals surface area contributed by atoms with Gasteiger partial charge in [-0.15, -0.1) is 0 Å². The minimum atomic E-state index is -0.234. The van der Waals surface area contributed by atoms with Gasteiger partial charge in [-0.25, -0.2) is 0 Å². The summed E-state index contributed by atoms with van der Waals surface area (Å²) in [6.45, 7) is 4.10. The first-order valence-corrected chi connectivity index (χ1v) is 7.44. The fourth-order valence-electron chi connectivity index (χ4n) is 2.73. The van der Waals surface area contributed by atoms with Crippen LogP contribution in [0, 0.1) is 5.92 Å². The molecule has 2 aromatic heterocycles. The molecule has 4 nitrogen and oxygen atoms in total. The van der Waals surface area contributed by atoms with Crippen LogP contribution in [0.2, 0.25) is 0 Å². The van der Waals surface area contributed by atoms with Crippen LogP contribution in [0.15, 0.2) is 61.1 Å². The van der Waals surface area contributed by atoms with Gasteiger partial charge in [-0.2, -0.15) is 0 Å². The summed E-state index contributed by atoms with van der Waals surface area (Å²) in [4.78, 5) is 17.1. The molecule has 3 aromatic rings. The topological polar surface area (TPSA) is 46.9 Å². The molecule has 22 heavy (non-hydrogen) atoms. The molecule has 112 valence electrons. The van der Waals surface area contributed by atoms with Crippen LogP contribution in [0.1, 0.15) is 19.9 Å². The number of anilines is 1. The smallest absolute Gasteiger partial charge is 0.247 e. The van der Waals surface area contributed by atoms with Gasteiger partial charge in [0.1, 0.15) is 6.04 Å². The summed E-state index contributed by atoms with van der Waals surface area (Å²) in [7, 11) is 0. The summed E-state index contributed by atoms with van der Waals surface area (Å²) in [5.74, 6) is 0.183. The van der Waals surface area contributed by atoms with Gasteiger partial charge in [0.25, 0.3) is 0 Å². The Labute approximate surface area is 129 Å². The van der Waals surface area contributed by atoms with Crippen LogP contribution in [-0.4, -0.2) is 15.5 Å². The maximum absolute atomic E-state index is 12.7. The molecule has 0 saturated carbocycles. The summed E-state index contributed by atoms with van der Waals surface area (Å²) < 4.78 is 1.95. The number of carbonyl (C=O) groups excluding carboxylic acids is 1. The Kier molecular flexibility index (Phi) is 3.92. The van der Waals surface area contributed by atoms with Crippen molar-refractivity contribution in [1.82, 2.24) is 9.55 Å². The van der Waals surface area contributed by atoms with E-state index >= 15 is 0 Å². The fraction of sp³-hybridized carbons (Fsp3) is 0.222. The number of amides is 1. The first kappa shape index (κ1) is 14.3. The molecule has 0 fully saturated rings.